The first-order chi connectivity index (χ1) is 12.1. The third-order valence-electron chi connectivity index (χ3n) is 4.68. The summed E-state index contributed by atoms with van der Waals surface area (Å²) in [4.78, 5) is 19.0. The number of halogens is 2. The second-order valence-electron chi connectivity index (χ2n) is 6.44. The number of para-hydroxylation sites is 1. The standard InChI is InChI=1S/C18H20N6O.2ClH/c1-12-16(18(25)23-10-4-7-14(19)11-23)21-22-24(12)15-8-2-5-13-6-3-9-20-17(13)15;;/h2-3,5-6,8-9,14H,4,7,10-11,19H2,1H3;2*1H. The molecule has 0 spiro atoms. The molecule has 0 bridgehead atoms. The van der Waals surface area contributed by atoms with Crippen molar-refractivity contribution in [2.45, 2.75) is 25.8 Å². The van der Waals surface area contributed by atoms with Crippen LogP contribution in [-0.2, 0) is 0 Å². The molecule has 1 unspecified atom stereocenters. The quantitative estimate of drug-likeness (QED) is 0.703. The summed E-state index contributed by atoms with van der Waals surface area (Å²) in [7, 11) is 0. The molecule has 1 aliphatic rings. The van der Waals surface area contributed by atoms with E-state index in [9.17, 15) is 4.79 Å². The van der Waals surface area contributed by atoms with Crippen LogP contribution in [0.2, 0.25) is 0 Å². The monoisotopic (exact) mass is 408 g/mol. The zero-order chi connectivity index (χ0) is 17.4. The van der Waals surface area contributed by atoms with Gasteiger partial charge in [0.2, 0.25) is 0 Å². The van der Waals surface area contributed by atoms with E-state index in [1.54, 1.807) is 15.8 Å². The topological polar surface area (TPSA) is 89.9 Å². The average Bonchev–Trinajstić information content (AvgIpc) is 3.02. The number of aromatic nitrogens is 4. The minimum Gasteiger partial charge on any atom is -0.336 e. The Bertz CT molecular complexity index is 939. The number of rotatable bonds is 2. The van der Waals surface area contributed by atoms with Gasteiger partial charge < -0.3 is 10.6 Å². The third kappa shape index (κ3) is 3.90. The van der Waals surface area contributed by atoms with Gasteiger partial charge in [0.05, 0.1) is 16.9 Å². The maximum Gasteiger partial charge on any atom is 0.276 e. The summed E-state index contributed by atoms with van der Waals surface area (Å²) in [6.07, 6.45) is 3.63. The molecule has 1 aromatic carbocycles. The van der Waals surface area contributed by atoms with Crippen LogP contribution in [0.15, 0.2) is 36.5 Å². The van der Waals surface area contributed by atoms with Crippen molar-refractivity contribution in [3.63, 3.8) is 0 Å². The lowest BCUT2D eigenvalue weighted by Crippen LogP contribution is -2.46. The Morgan fingerprint density at radius 2 is 2.00 bits per heavy atom. The van der Waals surface area contributed by atoms with Gasteiger partial charge in [0.1, 0.15) is 0 Å². The summed E-state index contributed by atoms with van der Waals surface area (Å²) in [5.41, 5.74) is 8.73. The molecular formula is C18H22Cl2N6O. The normalized spacial score (nSPS) is 16.5. The molecule has 1 amide bonds. The number of fused-ring (bicyclic) bond motifs is 1. The van der Waals surface area contributed by atoms with E-state index in [1.165, 1.54) is 0 Å². The highest BCUT2D eigenvalue weighted by Gasteiger charge is 2.27. The van der Waals surface area contributed by atoms with E-state index < -0.39 is 0 Å². The molecule has 3 aromatic rings. The highest BCUT2D eigenvalue weighted by Crippen LogP contribution is 2.22. The molecule has 2 aromatic heterocycles. The van der Waals surface area contributed by atoms with Crippen molar-refractivity contribution < 1.29 is 4.79 Å². The molecule has 0 aliphatic carbocycles. The fourth-order valence-electron chi connectivity index (χ4n) is 3.36. The number of hydrogen-bond acceptors (Lipinski definition) is 5. The lowest BCUT2D eigenvalue weighted by molar-refractivity contribution is 0.0702. The van der Waals surface area contributed by atoms with Gasteiger partial charge in [-0.3, -0.25) is 9.78 Å². The lowest BCUT2D eigenvalue weighted by atomic mass is 10.1. The molecule has 2 N–H and O–H groups in total. The van der Waals surface area contributed by atoms with Gasteiger partial charge in [0.15, 0.2) is 5.69 Å². The molecule has 3 heterocycles. The maximum absolute atomic E-state index is 12.8. The van der Waals surface area contributed by atoms with E-state index in [2.05, 4.69) is 15.3 Å². The Labute approximate surface area is 169 Å². The predicted octanol–water partition coefficient (Wildman–Crippen LogP) is 2.53. The lowest BCUT2D eigenvalue weighted by Gasteiger charge is -2.30. The summed E-state index contributed by atoms with van der Waals surface area (Å²) in [6.45, 7) is 3.15. The van der Waals surface area contributed by atoms with Crippen LogP contribution in [0.4, 0.5) is 0 Å². The summed E-state index contributed by atoms with van der Waals surface area (Å²) in [5.74, 6) is -0.105. The van der Waals surface area contributed by atoms with Crippen molar-refractivity contribution in [1.82, 2.24) is 24.9 Å². The molecule has 27 heavy (non-hydrogen) atoms. The fourth-order valence-corrected chi connectivity index (χ4v) is 3.36. The number of likely N-dealkylation sites (tertiary alicyclic amines) is 1. The Morgan fingerprint density at radius 3 is 2.78 bits per heavy atom. The van der Waals surface area contributed by atoms with Crippen LogP contribution in [0.25, 0.3) is 16.6 Å². The van der Waals surface area contributed by atoms with Crippen LogP contribution in [0.3, 0.4) is 0 Å². The van der Waals surface area contributed by atoms with Crippen LogP contribution in [0.5, 0.6) is 0 Å². The smallest absolute Gasteiger partial charge is 0.276 e. The van der Waals surface area contributed by atoms with E-state index >= 15 is 0 Å². The van der Waals surface area contributed by atoms with Crippen molar-refractivity contribution in [2.24, 2.45) is 5.73 Å². The number of piperidine rings is 1. The average molecular weight is 409 g/mol. The van der Waals surface area contributed by atoms with Gasteiger partial charge in [0.25, 0.3) is 5.91 Å². The van der Waals surface area contributed by atoms with Gasteiger partial charge in [-0.2, -0.15) is 0 Å². The fraction of sp³-hybridized carbons (Fsp3) is 0.333. The van der Waals surface area contributed by atoms with E-state index in [4.69, 9.17) is 5.73 Å². The molecule has 7 nitrogen and oxygen atoms in total. The van der Waals surface area contributed by atoms with Gasteiger partial charge in [-0.05, 0) is 31.9 Å². The van der Waals surface area contributed by atoms with Crippen LogP contribution < -0.4 is 5.73 Å². The van der Waals surface area contributed by atoms with Gasteiger partial charge in [-0.15, -0.1) is 29.9 Å². The predicted molar refractivity (Wildman–Crippen MR) is 109 cm³/mol. The molecule has 1 saturated heterocycles. The molecule has 144 valence electrons. The zero-order valence-corrected chi connectivity index (χ0v) is 16.5. The van der Waals surface area contributed by atoms with E-state index in [0.717, 1.165) is 29.4 Å². The Hall–Kier alpha value is -2.22. The van der Waals surface area contributed by atoms with Gasteiger partial charge in [-0.1, -0.05) is 23.4 Å². The molecule has 1 aliphatic heterocycles. The number of carbonyl (C=O) groups is 1. The van der Waals surface area contributed by atoms with Gasteiger partial charge in [-0.25, -0.2) is 4.68 Å². The second-order valence-corrected chi connectivity index (χ2v) is 6.44. The van der Waals surface area contributed by atoms with Crippen LogP contribution in [0.1, 0.15) is 29.0 Å². The summed E-state index contributed by atoms with van der Waals surface area (Å²) in [6, 6.07) is 9.82. The summed E-state index contributed by atoms with van der Waals surface area (Å²) < 4.78 is 1.69. The third-order valence-corrected chi connectivity index (χ3v) is 4.68. The number of hydrogen-bond donors (Lipinski definition) is 1. The largest absolute Gasteiger partial charge is 0.336 e. The highest BCUT2D eigenvalue weighted by atomic mass is 35.5. The first kappa shape index (κ1) is 21.1. The number of pyridine rings is 1. The van der Waals surface area contributed by atoms with Crippen LogP contribution >= 0.6 is 24.8 Å². The van der Waals surface area contributed by atoms with Crippen molar-refractivity contribution in [2.75, 3.05) is 13.1 Å². The molecule has 1 fully saturated rings. The first-order valence-corrected chi connectivity index (χ1v) is 8.46. The molecule has 0 saturated carbocycles. The molecule has 1 atom stereocenters. The molecule has 9 heteroatoms. The van der Waals surface area contributed by atoms with E-state index in [1.807, 2.05) is 37.3 Å². The minimum atomic E-state index is -0.105. The number of amides is 1. The summed E-state index contributed by atoms with van der Waals surface area (Å²) in [5, 5.41) is 9.39. The van der Waals surface area contributed by atoms with Gasteiger partial charge in [0, 0.05) is 30.7 Å². The Morgan fingerprint density at radius 1 is 1.22 bits per heavy atom. The minimum absolute atomic E-state index is 0. The Balaban J connectivity index is 0.00000131. The highest BCUT2D eigenvalue weighted by molar-refractivity contribution is 5.94. The van der Waals surface area contributed by atoms with Gasteiger partial charge >= 0.3 is 0 Å². The van der Waals surface area contributed by atoms with Crippen molar-refractivity contribution >= 4 is 41.6 Å². The van der Waals surface area contributed by atoms with Crippen molar-refractivity contribution in [3.8, 4) is 5.69 Å². The van der Waals surface area contributed by atoms with Crippen LogP contribution in [0, 0.1) is 6.92 Å². The maximum atomic E-state index is 12.8. The number of nitrogens with two attached hydrogens (primary N) is 1. The summed E-state index contributed by atoms with van der Waals surface area (Å²) >= 11 is 0. The SMILES string of the molecule is Cc1c(C(=O)N2CCCC(N)C2)nnn1-c1cccc2cccnc12.Cl.Cl. The van der Waals surface area contributed by atoms with Crippen molar-refractivity contribution in [1.29, 1.82) is 0 Å². The second kappa shape index (κ2) is 8.65. The number of benzene rings is 1. The molecular weight excluding hydrogens is 387 g/mol. The number of carbonyl (C=O) groups excluding carboxylic acids is 1. The zero-order valence-electron chi connectivity index (χ0n) is 14.9. The first-order valence-electron chi connectivity index (χ1n) is 8.46. The molecule has 0 radical (unpaired) electrons. The van der Waals surface area contributed by atoms with Crippen molar-refractivity contribution in [3.05, 3.63) is 47.9 Å². The van der Waals surface area contributed by atoms with Crippen LogP contribution in [-0.4, -0.2) is 49.9 Å². The Kier molecular flexibility index (Phi) is 6.75. The van der Waals surface area contributed by atoms with E-state index in [-0.39, 0.29) is 36.8 Å². The molecule has 4 rings (SSSR count). The number of nitrogens with zero attached hydrogens (tertiary/aromatic N) is 5. The van der Waals surface area contributed by atoms with E-state index in [0.29, 0.717) is 24.5 Å².